The molecule has 1 fully saturated rings. The molecule has 7 heteroatoms. The molecular formula is C19H24FN3O2S. The highest BCUT2D eigenvalue weighted by Gasteiger charge is 2.22. The highest BCUT2D eigenvalue weighted by Crippen LogP contribution is 2.31. The van der Waals surface area contributed by atoms with Gasteiger partial charge in [0.1, 0.15) is 5.82 Å². The molecule has 0 saturated carbocycles. The summed E-state index contributed by atoms with van der Waals surface area (Å²) in [5, 5.41) is 3.00. The third-order valence-electron chi connectivity index (χ3n) is 4.73. The summed E-state index contributed by atoms with van der Waals surface area (Å²) in [6.45, 7) is 3.89. The first-order valence-corrected chi connectivity index (χ1v) is 10.2. The molecule has 0 aromatic heterocycles. The van der Waals surface area contributed by atoms with Gasteiger partial charge in [-0.3, -0.25) is 0 Å². The summed E-state index contributed by atoms with van der Waals surface area (Å²) in [5.74, 6) is -0.459. The molecule has 0 atom stereocenters. The molecule has 140 valence electrons. The number of benzene rings is 2. The van der Waals surface area contributed by atoms with Gasteiger partial charge in [-0.05, 0) is 62.5 Å². The van der Waals surface area contributed by atoms with Crippen molar-refractivity contribution < 1.29 is 12.8 Å². The lowest BCUT2D eigenvalue weighted by Crippen LogP contribution is -2.28. The Morgan fingerprint density at radius 3 is 2.42 bits per heavy atom. The fourth-order valence-electron chi connectivity index (χ4n) is 3.19. The highest BCUT2D eigenvalue weighted by molar-refractivity contribution is 7.91. The molecule has 0 amide bonds. The summed E-state index contributed by atoms with van der Waals surface area (Å²) in [6.07, 6.45) is 1.07. The molecule has 1 aliphatic rings. The van der Waals surface area contributed by atoms with Gasteiger partial charge in [0.2, 0.25) is 9.84 Å². The third kappa shape index (κ3) is 3.83. The van der Waals surface area contributed by atoms with Crippen molar-refractivity contribution >= 4 is 21.2 Å². The summed E-state index contributed by atoms with van der Waals surface area (Å²) in [6, 6.07) is 10.3. The van der Waals surface area contributed by atoms with Gasteiger partial charge < -0.3 is 15.1 Å². The smallest absolute Gasteiger partial charge is 0.208 e. The minimum Gasteiger partial charge on any atom is -0.387 e. The van der Waals surface area contributed by atoms with Crippen LogP contribution in [0.4, 0.5) is 15.8 Å². The standard InChI is InChI=1S/C19H24FN3O2S/c1-21-18-14-16(23-11-3-10-22(2)12-13-23)6-9-19(18)26(24,25)17-7-4-15(20)5-8-17/h4-9,14,21H,3,10-13H2,1-2H3. The van der Waals surface area contributed by atoms with Crippen molar-refractivity contribution in [2.24, 2.45) is 0 Å². The SMILES string of the molecule is CNc1cc(N2CCCN(C)CC2)ccc1S(=O)(=O)c1ccc(F)cc1. The molecule has 26 heavy (non-hydrogen) atoms. The van der Waals surface area contributed by atoms with Crippen molar-refractivity contribution in [3.05, 3.63) is 48.3 Å². The van der Waals surface area contributed by atoms with Crippen LogP contribution in [0.5, 0.6) is 0 Å². The van der Waals surface area contributed by atoms with E-state index in [1.54, 1.807) is 13.1 Å². The highest BCUT2D eigenvalue weighted by atomic mass is 32.2. The molecule has 2 aromatic rings. The fraction of sp³-hybridized carbons (Fsp3) is 0.368. The van der Waals surface area contributed by atoms with Gasteiger partial charge in [0.05, 0.1) is 15.5 Å². The molecule has 0 aliphatic carbocycles. The molecule has 1 saturated heterocycles. The van der Waals surface area contributed by atoms with Crippen molar-refractivity contribution in [1.29, 1.82) is 0 Å². The van der Waals surface area contributed by atoms with Crippen LogP contribution in [0.3, 0.4) is 0 Å². The monoisotopic (exact) mass is 377 g/mol. The van der Waals surface area contributed by atoms with Crippen LogP contribution >= 0.6 is 0 Å². The van der Waals surface area contributed by atoms with E-state index < -0.39 is 15.7 Å². The maximum absolute atomic E-state index is 13.1. The second-order valence-corrected chi connectivity index (χ2v) is 8.45. The molecule has 3 rings (SSSR count). The second kappa shape index (κ2) is 7.63. The van der Waals surface area contributed by atoms with Gasteiger partial charge >= 0.3 is 0 Å². The van der Waals surface area contributed by atoms with Gasteiger partial charge in [-0.25, -0.2) is 12.8 Å². The van der Waals surface area contributed by atoms with E-state index in [4.69, 9.17) is 0 Å². The van der Waals surface area contributed by atoms with Crippen molar-refractivity contribution in [2.45, 2.75) is 16.2 Å². The Morgan fingerprint density at radius 2 is 1.73 bits per heavy atom. The van der Waals surface area contributed by atoms with Crippen LogP contribution < -0.4 is 10.2 Å². The third-order valence-corrected chi connectivity index (χ3v) is 6.56. The Morgan fingerprint density at radius 1 is 1.00 bits per heavy atom. The van der Waals surface area contributed by atoms with Gasteiger partial charge in [0.15, 0.2) is 0 Å². The van der Waals surface area contributed by atoms with Crippen molar-refractivity contribution in [3.8, 4) is 0 Å². The predicted octanol–water partition coefficient (Wildman–Crippen LogP) is 2.84. The average Bonchev–Trinajstić information content (AvgIpc) is 2.86. The van der Waals surface area contributed by atoms with E-state index >= 15 is 0 Å². The predicted molar refractivity (Wildman–Crippen MR) is 102 cm³/mol. The maximum Gasteiger partial charge on any atom is 0.208 e. The van der Waals surface area contributed by atoms with Crippen LogP contribution in [0, 0.1) is 5.82 Å². The number of rotatable bonds is 4. The van der Waals surface area contributed by atoms with Gasteiger partial charge in [0.25, 0.3) is 0 Å². The first-order valence-electron chi connectivity index (χ1n) is 8.68. The van der Waals surface area contributed by atoms with Crippen molar-refractivity contribution in [3.63, 3.8) is 0 Å². The van der Waals surface area contributed by atoms with Crippen LogP contribution in [0.2, 0.25) is 0 Å². The van der Waals surface area contributed by atoms with E-state index in [2.05, 4.69) is 22.2 Å². The van der Waals surface area contributed by atoms with Gasteiger partial charge in [-0.15, -0.1) is 0 Å². The molecule has 1 N–H and O–H groups in total. The number of likely N-dealkylation sites (N-methyl/N-ethyl adjacent to an activating group) is 1. The largest absolute Gasteiger partial charge is 0.387 e. The Hall–Kier alpha value is -2.12. The number of nitrogens with zero attached hydrogens (tertiary/aromatic N) is 2. The fourth-order valence-corrected chi connectivity index (χ4v) is 4.64. The Bertz CT molecular complexity index is 869. The van der Waals surface area contributed by atoms with Gasteiger partial charge in [-0.1, -0.05) is 0 Å². The molecule has 0 radical (unpaired) electrons. The molecule has 2 aromatic carbocycles. The molecule has 0 unspecified atom stereocenters. The van der Waals surface area contributed by atoms with Crippen molar-refractivity contribution in [2.75, 3.05) is 50.5 Å². The molecule has 5 nitrogen and oxygen atoms in total. The van der Waals surface area contributed by atoms with E-state index in [0.717, 1.165) is 50.4 Å². The van der Waals surface area contributed by atoms with Crippen molar-refractivity contribution in [1.82, 2.24) is 4.90 Å². The number of sulfone groups is 1. The Kier molecular flexibility index (Phi) is 5.48. The van der Waals surface area contributed by atoms with Crippen LogP contribution in [0.25, 0.3) is 0 Å². The summed E-state index contributed by atoms with van der Waals surface area (Å²) in [7, 11) is 0.101. The molecule has 1 heterocycles. The normalized spacial score (nSPS) is 16.3. The van der Waals surface area contributed by atoms with E-state index in [0.29, 0.717) is 5.69 Å². The lowest BCUT2D eigenvalue weighted by Gasteiger charge is -2.24. The van der Waals surface area contributed by atoms with Crippen LogP contribution in [0.1, 0.15) is 6.42 Å². The average molecular weight is 377 g/mol. The lowest BCUT2D eigenvalue weighted by molar-refractivity contribution is 0.360. The first kappa shape index (κ1) is 18.7. The molecular weight excluding hydrogens is 353 g/mol. The number of anilines is 2. The summed E-state index contributed by atoms with van der Waals surface area (Å²) < 4.78 is 39.0. The Labute approximate surface area is 154 Å². The first-order chi connectivity index (χ1) is 12.4. The van der Waals surface area contributed by atoms with E-state index in [1.807, 2.05) is 12.1 Å². The number of nitrogens with one attached hydrogen (secondary N) is 1. The summed E-state index contributed by atoms with van der Waals surface area (Å²) in [5.41, 5.74) is 1.55. The number of halogens is 1. The van der Waals surface area contributed by atoms with Gasteiger partial charge in [0, 0.05) is 32.4 Å². The van der Waals surface area contributed by atoms with E-state index in [1.165, 1.54) is 12.1 Å². The minimum atomic E-state index is -3.72. The summed E-state index contributed by atoms with van der Waals surface area (Å²) >= 11 is 0. The van der Waals surface area contributed by atoms with Crippen LogP contribution in [0.15, 0.2) is 52.3 Å². The van der Waals surface area contributed by atoms with Crippen LogP contribution in [-0.4, -0.2) is 53.6 Å². The zero-order chi connectivity index (χ0) is 18.7. The summed E-state index contributed by atoms with van der Waals surface area (Å²) in [4.78, 5) is 4.85. The van der Waals surface area contributed by atoms with E-state index in [-0.39, 0.29) is 9.79 Å². The number of hydrogen-bond acceptors (Lipinski definition) is 5. The molecule has 1 aliphatic heterocycles. The minimum absolute atomic E-state index is 0.0829. The lowest BCUT2D eigenvalue weighted by atomic mass is 10.2. The second-order valence-electron chi connectivity index (χ2n) is 6.53. The maximum atomic E-state index is 13.1. The van der Waals surface area contributed by atoms with E-state index in [9.17, 15) is 12.8 Å². The zero-order valence-electron chi connectivity index (χ0n) is 15.1. The van der Waals surface area contributed by atoms with Crippen LogP contribution in [-0.2, 0) is 9.84 Å². The van der Waals surface area contributed by atoms with Gasteiger partial charge in [-0.2, -0.15) is 0 Å². The molecule has 0 bridgehead atoms. The quantitative estimate of drug-likeness (QED) is 0.831. The zero-order valence-corrected chi connectivity index (χ0v) is 15.9. The Balaban J connectivity index is 1.95. The molecule has 0 spiro atoms. The topological polar surface area (TPSA) is 52.6 Å². The number of hydrogen-bond donors (Lipinski definition) is 1.